The molecule has 0 radical (unpaired) electrons. The zero-order chi connectivity index (χ0) is 14.5. The van der Waals surface area contributed by atoms with Crippen LogP contribution in [0.2, 0.25) is 0 Å². The van der Waals surface area contributed by atoms with Crippen LogP contribution in [0, 0.1) is 0 Å². The molecule has 0 amide bonds. The molecule has 0 rings (SSSR count). The summed E-state index contributed by atoms with van der Waals surface area (Å²) in [4.78, 5) is 21.2. The van der Waals surface area contributed by atoms with Gasteiger partial charge in [-0.3, -0.25) is 9.59 Å². The summed E-state index contributed by atoms with van der Waals surface area (Å²) < 4.78 is 26.4. The van der Waals surface area contributed by atoms with Crippen LogP contribution in [0.1, 0.15) is 26.7 Å². The molecule has 106 valence electrons. The van der Waals surface area contributed by atoms with Gasteiger partial charge in [0.2, 0.25) is 0 Å². The number of hydrogen-bond acceptors (Lipinski definition) is 4. The topological polar surface area (TPSA) is 124 Å². The number of hydrogen-bond donors (Lipinski definition) is 3. The Bertz CT molecular complexity index is 405. The molecule has 0 heterocycles. The normalized spacial score (nSPS) is 13.8. The third-order valence-electron chi connectivity index (χ3n) is 2.34. The van der Waals surface area contributed by atoms with Gasteiger partial charge in [-0.05, 0) is 20.3 Å². The summed E-state index contributed by atoms with van der Waals surface area (Å²) in [5.41, 5.74) is 0. The maximum absolute atomic E-state index is 11.7. The molecule has 0 aliphatic carbocycles. The number of rotatable bonds is 8. The molecule has 0 aliphatic rings. The summed E-state index contributed by atoms with van der Waals surface area (Å²) in [5, 5.41) is 17.3. The largest absolute Gasteiger partial charge is 0.481 e. The Balaban J connectivity index is 4.78. The van der Waals surface area contributed by atoms with E-state index in [1.165, 1.54) is 7.05 Å². The monoisotopic (exact) mass is 282 g/mol. The molecule has 18 heavy (non-hydrogen) atoms. The van der Waals surface area contributed by atoms with E-state index >= 15 is 0 Å². The van der Waals surface area contributed by atoms with E-state index in [0.717, 1.165) is 4.31 Å². The van der Waals surface area contributed by atoms with Gasteiger partial charge in [-0.25, -0.2) is 0 Å². The van der Waals surface area contributed by atoms with Gasteiger partial charge in [0.15, 0.2) is 0 Å². The molecule has 0 aromatic rings. The highest BCUT2D eigenvalue weighted by molar-refractivity contribution is 7.87. The summed E-state index contributed by atoms with van der Waals surface area (Å²) in [5.74, 6) is -2.59. The van der Waals surface area contributed by atoms with Crippen LogP contribution in [0.5, 0.6) is 0 Å². The predicted molar refractivity (Wildman–Crippen MR) is 63.2 cm³/mol. The summed E-state index contributed by atoms with van der Waals surface area (Å²) in [6.45, 7) is 3.26. The first-order valence-electron chi connectivity index (χ1n) is 5.27. The van der Waals surface area contributed by atoms with E-state index in [9.17, 15) is 18.0 Å². The number of carbonyl (C=O) groups is 2. The molecule has 0 aliphatic heterocycles. The number of nitrogens with zero attached hydrogens (tertiary/aromatic N) is 1. The first-order valence-corrected chi connectivity index (χ1v) is 6.71. The van der Waals surface area contributed by atoms with Crippen LogP contribution in [-0.4, -0.2) is 54.0 Å². The van der Waals surface area contributed by atoms with Crippen LogP contribution >= 0.6 is 0 Å². The van der Waals surface area contributed by atoms with E-state index in [0.29, 0.717) is 0 Å². The lowest BCUT2D eigenvalue weighted by Crippen LogP contribution is -2.49. The van der Waals surface area contributed by atoms with Crippen LogP contribution in [0.15, 0.2) is 0 Å². The fourth-order valence-electron chi connectivity index (χ4n) is 1.04. The maximum Gasteiger partial charge on any atom is 0.321 e. The van der Waals surface area contributed by atoms with Gasteiger partial charge in [-0.2, -0.15) is 17.4 Å². The van der Waals surface area contributed by atoms with Gasteiger partial charge in [0.1, 0.15) is 6.04 Å². The molecular formula is C9H18N2O6S. The first kappa shape index (κ1) is 16.8. The minimum absolute atomic E-state index is 0.310. The Morgan fingerprint density at radius 3 is 2.11 bits per heavy atom. The van der Waals surface area contributed by atoms with Crippen LogP contribution in [0.3, 0.4) is 0 Å². The van der Waals surface area contributed by atoms with Gasteiger partial charge in [0, 0.05) is 19.5 Å². The van der Waals surface area contributed by atoms with Crippen LogP contribution in [-0.2, 0) is 19.8 Å². The molecule has 0 spiro atoms. The third-order valence-corrected chi connectivity index (χ3v) is 4.10. The minimum Gasteiger partial charge on any atom is -0.481 e. The van der Waals surface area contributed by atoms with Crippen molar-refractivity contribution in [3.8, 4) is 0 Å². The van der Waals surface area contributed by atoms with E-state index in [-0.39, 0.29) is 12.5 Å². The quantitative estimate of drug-likeness (QED) is 0.550. The molecule has 0 bridgehead atoms. The fraction of sp³-hybridized carbons (Fsp3) is 0.778. The van der Waals surface area contributed by atoms with Gasteiger partial charge >= 0.3 is 11.9 Å². The smallest absolute Gasteiger partial charge is 0.321 e. The molecule has 9 heteroatoms. The van der Waals surface area contributed by atoms with Crippen LogP contribution < -0.4 is 4.72 Å². The Hall–Kier alpha value is -1.19. The number of carboxylic acids is 2. The fourth-order valence-corrected chi connectivity index (χ4v) is 2.34. The molecule has 0 fully saturated rings. The molecule has 3 N–H and O–H groups in total. The second-order valence-corrected chi connectivity index (χ2v) is 5.82. The first-order chi connectivity index (χ1) is 8.08. The Kier molecular flexibility index (Phi) is 6.22. The van der Waals surface area contributed by atoms with Gasteiger partial charge in [0.05, 0.1) is 0 Å². The molecule has 0 unspecified atom stereocenters. The summed E-state index contributed by atoms with van der Waals surface area (Å²) in [6, 6.07) is -1.79. The molecule has 0 saturated heterocycles. The zero-order valence-electron chi connectivity index (χ0n) is 10.5. The van der Waals surface area contributed by atoms with Gasteiger partial charge in [-0.1, -0.05) is 0 Å². The number of nitrogens with one attached hydrogen (secondary N) is 1. The molecule has 0 saturated carbocycles. The zero-order valence-corrected chi connectivity index (χ0v) is 11.3. The van der Waals surface area contributed by atoms with E-state index < -0.39 is 34.6 Å². The lowest BCUT2D eigenvalue weighted by molar-refractivity contribution is -0.140. The number of aliphatic carboxylic acids is 2. The van der Waals surface area contributed by atoms with Crippen molar-refractivity contribution in [3.05, 3.63) is 0 Å². The Labute approximate surface area is 106 Å². The summed E-state index contributed by atoms with van der Waals surface area (Å²) >= 11 is 0. The highest BCUT2D eigenvalue weighted by Crippen LogP contribution is 2.05. The van der Waals surface area contributed by atoms with Crippen molar-refractivity contribution in [2.24, 2.45) is 0 Å². The standard InChI is InChI=1S/C9H18N2O6S/c1-6(2)11(3)18(16,17)10-7(9(14)15)4-5-8(12)13/h6-7,10H,4-5H2,1-3H3,(H,12,13)(H,14,15)/t7-/m0/s1. The van der Waals surface area contributed by atoms with E-state index in [2.05, 4.69) is 0 Å². The molecule has 1 atom stereocenters. The summed E-state index contributed by atoms with van der Waals surface area (Å²) in [7, 11) is -2.63. The predicted octanol–water partition coefficient (Wildman–Crippen LogP) is -0.521. The van der Waals surface area contributed by atoms with Gasteiger partial charge in [0.25, 0.3) is 10.2 Å². The number of carboxylic acid groups (broad SMARTS) is 2. The van der Waals surface area contributed by atoms with Gasteiger partial charge < -0.3 is 10.2 Å². The van der Waals surface area contributed by atoms with Gasteiger partial charge in [-0.15, -0.1) is 0 Å². The van der Waals surface area contributed by atoms with Crippen LogP contribution in [0.25, 0.3) is 0 Å². The second kappa shape index (κ2) is 6.66. The lowest BCUT2D eigenvalue weighted by Gasteiger charge is -2.23. The molecular weight excluding hydrogens is 264 g/mol. The van der Waals surface area contributed by atoms with Crippen molar-refractivity contribution in [2.75, 3.05) is 7.05 Å². The van der Waals surface area contributed by atoms with Crippen molar-refractivity contribution >= 4 is 22.1 Å². The van der Waals surface area contributed by atoms with E-state index in [4.69, 9.17) is 10.2 Å². The van der Waals surface area contributed by atoms with Crippen molar-refractivity contribution in [1.29, 1.82) is 0 Å². The average molecular weight is 282 g/mol. The third kappa shape index (κ3) is 5.43. The van der Waals surface area contributed by atoms with Crippen molar-refractivity contribution in [2.45, 2.75) is 38.8 Å². The molecule has 0 aromatic carbocycles. The van der Waals surface area contributed by atoms with Crippen molar-refractivity contribution < 1.29 is 28.2 Å². The highest BCUT2D eigenvalue weighted by Gasteiger charge is 2.28. The summed E-state index contributed by atoms with van der Waals surface area (Å²) in [6.07, 6.45) is -0.735. The van der Waals surface area contributed by atoms with Crippen molar-refractivity contribution in [1.82, 2.24) is 9.03 Å². The van der Waals surface area contributed by atoms with Crippen LogP contribution in [0.4, 0.5) is 0 Å². The SMILES string of the molecule is CC(C)N(C)S(=O)(=O)N[C@@H](CCC(=O)O)C(=O)O. The minimum atomic E-state index is -3.94. The lowest BCUT2D eigenvalue weighted by atomic mass is 10.2. The Morgan fingerprint density at radius 2 is 1.78 bits per heavy atom. The van der Waals surface area contributed by atoms with E-state index in [1.807, 2.05) is 4.72 Å². The molecule has 0 aromatic heterocycles. The van der Waals surface area contributed by atoms with Crippen molar-refractivity contribution in [3.63, 3.8) is 0 Å². The Morgan fingerprint density at radius 1 is 1.28 bits per heavy atom. The highest BCUT2D eigenvalue weighted by atomic mass is 32.2. The maximum atomic E-state index is 11.7. The average Bonchev–Trinajstić information content (AvgIpc) is 2.22. The van der Waals surface area contributed by atoms with E-state index in [1.54, 1.807) is 13.8 Å². The second-order valence-electron chi connectivity index (χ2n) is 4.06. The molecule has 8 nitrogen and oxygen atoms in total.